The molecular weight excluding hydrogens is 218 g/mol. The third-order valence-corrected chi connectivity index (χ3v) is 3.06. The maximum absolute atomic E-state index is 11.5. The predicted octanol–water partition coefficient (Wildman–Crippen LogP) is -0.596. The Kier molecular flexibility index (Phi) is 3.81. The second kappa shape index (κ2) is 4.89. The van der Waals surface area contributed by atoms with Crippen LogP contribution in [0.25, 0.3) is 0 Å². The number of nitrogens with one attached hydrogen (secondary N) is 3. The van der Waals surface area contributed by atoms with Crippen molar-refractivity contribution in [2.75, 3.05) is 6.54 Å². The summed E-state index contributed by atoms with van der Waals surface area (Å²) in [5, 5.41) is 6.99. The summed E-state index contributed by atoms with van der Waals surface area (Å²) in [5.41, 5.74) is 5.13. The van der Waals surface area contributed by atoms with Crippen LogP contribution in [0.3, 0.4) is 0 Å². The predicted molar refractivity (Wildman–Crippen MR) is 54.9 cm³/mol. The van der Waals surface area contributed by atoms with Crippen LogP contribution in [0.1, 0.15) is 12.8 Å². The number of imidazole rings is 1. The molecule has 0 saturated carbocycles. The molecular formula is C7H13N5O2S. The van der Waals surface area contributed by atoms with Crippen molar-refractivity contribution in [1.82, 2.24) is 14.7 Å². The van der Waals surface area contributed by atoms with Crippen LogP contribution in [0.15, 0.2) is 17.6 Å². The summed E-state index contributed by atoms with van der Waals surface area (Å²) in [6, 6.07) is 0. The van der Waals surface area contributed by atoms with Gasteiger partial charge in [0.15, 0.2) is 5.03 Å². The zero-order valence-corrected chi connectivity index (χ0v) is 8.84. The lowest BCUT2D eigenvalue weighted by atomic mass is 10.3. The van der Waals surface area contributed by atoms with Gasteiger partial charge >= 0.3 is 0 Å². The van der Waals surface area contributed by atoms with Crippen molar-refractivity contribution in [2.24, 2.45) is 5.73 Å². The number of sulfonamides is 1. The summed E-state index contributed by atoms with van der Waals surface area (Å²) in [7, 11) is -3.49. The molecule has 0 amide bonds. The van der Waals surface area contributed by atoms with Crippen molar-refractivity contribution in [3.63, 3.8) is 0 Å². The van der Waals surface area contributed by atoms with Crippen LogP contribution in [-0.2, 0) is 10.0 Å². The molecule has 0 aliphatic carbocycles. The van der Waals surface area contributed by atoms with Crippen LogP contribution in [0, 0.1) is 5.41 Å². The zero-order chi connectivity index (χ0) is 11.3. The fourth-order valence-corrected chi connectivity index (χ4v) is 1.93. The average Bonchev–Trinajstić information content (AvgIpc) is 2.65. The number of hydrogen-bond donors (Lipinski definition) is 4. The summed E-state index contributed by atoms with van der Waals surface area (Å²) in [6.45, 7) is 0.251. The van der Waals surface area contributed by atoms with Gasteiger partial charge in [0.1, 0.15) is 0 Å². The van der Waals surface area contributed by atoms with E-state index in [1.54, 1.807) is 0 Å². The Morgan fingerprint density at radius 1 is 1.67 bits per heavy atom. The molecule has 0 unspecified atom stereocenters. The lowest BCUT2D eigenvalue weighted by molar-refractivity contribution is 0.576. The molecule has 0 aromatic carbocycles. The van der Waals surface area contributed by atoms with Gasteiger partial charge in [-0.2, -0.15) is 0 Å². The van der Waals surface area contributed by atoms with E-state index in [0.717, 1.165) is 0 Å². The van der Waals surface area contributed by atoms with Crippen LogP contribution in [0.4, 0.5) is 0 Å². The van der Waals surface area contributed by atoms with Gasteiger partial charge in [-0.05, 0) is 6.42 Å². The Bertz CT molecular complexity index is 411. The maximum atomic E-state index is 11.5. The number of aromatic amines is 1. The molecule has 0 aliphatic heterocycles. The van der Waals surface area contributed by atoms with Gasteiger partial charge in [0.2, 0.25) is 0 Å². The summed E-state index contributed by atoms with van der Waals surface area (Å²) in [5.74, 6) is 0.0516. The number of H-pyrrole nitrogens is 1. The first-order valence-corrected chi connectivity index (χ1v) is 5.81. The minimum atomic E-state index is -3.49. The van der Waals surface area contributed by atoms with Gasteiger partial charge < -0.3 is 10.7 Å². The number of hydrogen-bond acceptors (Lipinski definition) is 4. The molecule has 0 aliphatic rings. The fraction of sp³-hybridized carbons (Fsp3) is 0.429. The van der Waals surface area contributed by atoms with E-state index in [1.807, 2.05) is 0 Å². The van der Waals surface area contributed by atoms with Crippen molar-refractivity contribution < 1.29 is 8.42 Å². The third-order valence-electron chi connectivity index (χ3n) is 1.68. The highest BCUT2D eigenvalue weighted by atomic mass is 32.2. The zero-order valence-electron chi connectivity index (χ0n) is 8.03. The minimum Gasteiger partial charge on any atom is -0.388 e. The Morgan fingerprint density at radius 3 is 2.93 bits per heavy atom. The Labute approximate surface area is 87.7 Å². The molecule has 0 spiro atoms. The van der Waals surface area contributed by atoms with E-state index in [2.05, 4.69) is 14.7 Å². The largest absolute Gasteiger partial charge is 0.388 e. The van der Waals surface area contributed by atoms with Crippen molar-refractivity contribution in [2.45, 2.75) is 17.9 Å². The van der Waals surface area contributed by atoms with Crippen LogP contribution in [0.5, 0.6) is 0 Å². The Balaban J connectivity index is 2.42. The molecule has 0 saturated heterocycles. The number of rotatable bonds is 6. The van der Waals surface area contributed by atoms with Crippen molar-refractivity contribution in [1.29, 1.82) is 5.41 Å². The summed E-state index contributed by atoms with van der Waals surface area (Å²) < 4.78 is 25.3. The molecule has 0 fully saturated rings. The van der Waals surface area contributed by atoms with Gasteiger partial charge in [0, 0.05) is 13.0 Å². The molecule has 84 valence electrons. The van der Waals surface area contributed by atoms with Crippen LogP contribution in [0.2, 0.25) is 0 Å². The quantitative estimate of drug-likeness (QED) is 0.296. The van der Waals surface area contributed by atoms with Gasteiger partial charge in [-0.25, -0.2) is 18.1 Å². The molecule has 15 heavy (non-hydrogen) atoms. The average molecular weight is 231 g/mol. The lowest BCUT2D eigenvalue weighted by Gasteiger charge is -2.03. The summed E-state index contributed by atoms with van der Waals surface area (Å²) in [4.78, 5) is 6.11. The normalized spacial score (nSPS) is 11.5. The molecule has 1 aromatic heterocycles. The van der Waals surface area contributed by atoms with E-state index < -0.39 is 10.0 Å². The van der Waals surface area contributed by atoms with E-state index in [1.165, 1.54) is 12.5 Å². The van der Waals surface area contributed by atoms with Crippen LogP contribution >= 0.6 is 0 Å². The molecule has 1 heterocycles. The Morgan fingerprint density at radius 2 is 2.40 bits per heavy atom. The SMILES string of the molecule is N=C(N)CCCNS(=O)(=O)c1cnc[nH]1. The smallest absolute Gasteiger partial charge is 0.257 e. The molecule has 7 nitrogen and oxygen atoms in total. The van der Waals surface area contributed by atoms with Gasteiger partial charge in [-0.15, -0.1) is 0 Å². The van der Waals surface area contributed by atoms with Gasteiger partial charge in [-0.3, -0.25) is 5.41 Å². The van der Waals surface area contributed by atoms with Crippen molar-refractivity contribution >= 4 is 15.9 Å². The molecule has 0 radical (unpaired) electrons. The van der Waals surface area contributed by atoms with Crippen LogP contribution in [-0.4, -0.2) is 30.8 Å². The van der Waals surface area contributed by atoms with E-state index >= 15 is 0 Å². The monoisotopic (exact) mass is 231 g/mol. The summed E-state index contributed by atoms with van der Waals surface area (Å²) in [6.07, 6.45) is 3.41. The highest BCUT2D eigenvalue weighted by Crippen LogP contribution is 2.01. The first-order chi connectivity index (χ1) is 7.02. The minimum absolute atomic E-state index is 0.0327. The maximum Gasteiger partial charge on any atom is 0.257 e. The third kappa shape index (κ3) is 3.68. The lowest BCUT2D eigenvalue weighted by Crippen LogP contribution is -2.26. The topological polar surface area (TPSA) is 125 Å². The molecule has 1 aromatic rings. The first kappa shape index (κ1) is 11.7. The summed E-state index contributed by atoms with van der Waals surface area (Å²) >= 11 is 0. The number of aromatic nitrogens is 2. The first-order valence-electron chi connectivity index (χ1n) is 4.33. The standard InChI is InChI=1S/C7H13N5O2S/c8-6(9)2-1-3-12-15(13,14)7-4-10-5-11-7/h4-5,12H,1-3H2,(H3,8,9)(H,10,11). The van der Waals surface area contributed by atoms with Crippen LogP contribution < -0.4 is 10.5 Å². The fourth-order valence-electron chi connectivity index (χ4n) is 0.953. The molecule has 1 rings (SSSR count). The van der Waals surface area contributed by atoms with E-state index in [4.69, 9.17) is 11.1 Å². The molecule has 0 bridgehead atoms. The molecule has 0 atom stereocenters. The van der Waals surface area contributed by atoms with Gasteiger partial charge in [-0.1, -0.05) is 0 Å². The highest BCUT2D eigenvalue weighted by molar-refractivity contribution is 7.89. The van der Waals surface area contributed by atoms with E-state index in [-0.39, 0.29) is 17.4 Å². The van der Waals surface area contributed by atoms with Crippen molar-refractivity contribution in [3.8, 4) is 0 Å². The number of nitrogens with two attached hydrogens (primary N) is 1. The molecule has 5 N–H and O–H groups in total. The van der Waals surface area contributed by atoms with E-state index in [0.29, 0.717) is 12.8 Å². The van der Waals surface area contributed by atoms with Gasteiger partial charge in [0.05, 0.1) is 18.4 Å². The second-order valence-electron chi connectivity index (χ2n) is 2.94. The van der Waals surface area contributed by atoms with Crippen molar-refractivity contribution in [3.05, 3.63) is 12.5 Å². The van der Waals surface area contributed by atoms with E-state index in [9.17, 15) is 8.42 Å². The Hall–Kier alpha value is -1.41. The highest BCUT2D eigenvalue weighted by Gasteiger charge is 2.13. The molecule has 8 heteroatoms. The number of amidine groups is 1. The second-order valence-corrected chi connectivity index (χ2v) is 4.68. The van der Waals surface area contributed by atoms with Gasteiger partial charge in [0.25, 0.3) is 10.0 Å². The number of nitrogens with zero attached hydrogens (tertiary/aromatic N) is 1.